The van der Waals surface area contributed by atoms with E-state index in [2.05, 4.69) is 16.7 Å². The van der Waals surface area contributed by atoms with Gasteiger partial charge in [-0.2, -0.15) is 0 Å². The van der Waals surface area contributed by atoms with Gasteiger partial charge in [-0.3, -0.25) is 14.6 Å². The maximum absolute atomic E-state index is 11.5. The van der Waals surface area contributed by atoms with Gasteiger partial charge in [0.05, 0.1) is 12.7 Å². The highest BCUT2D eigenvalue weighted by Gasteiger charge is 2.27. The molecule has 2 heterocycles. The molecule has 0 saturated carbocycles. The Morgan fingerprint density at radius 3 is 2.85 bits per heavy atom. The van der Waals surface area contributed by atoms with Crippen molar-refractivity contribution in [1.82, 2.24) is 9.80 Å². The number of likely N-dealkylation sites (N-methyl/N-ethyl adjacent to an activating group) is 1. The van der Waals surface area contributed by atoms with Crippen LogP contribution in [0.15, 0.2) is 0 Å². The molecule has 2 unspecified atom stereocenters. The van der Waals surface area contributed by atoms with Crippen LogP contribution < -0.4 is 0 Å². The van der Waals surface area contributed by atoms with Gasteiger partial charge in [0.25, 0.3) is 0 Å². The molecule has 4 nitrogen and oxygen atoms in total. The Labute approximate surface area is 123 Å². The Hall–Kier alpha value is -0.450. The van der Waals surface area contributed by atoms with Crippen LogP contribution in [0.3, 0.4) is 0 Å². The smallest absolute Gasteiger partial charge is 0.131 e. The number of nitrogens with zero attached hydrogens (tertiary/aromatic N) is 2. The number of rotatable bonds is 5. The summed E-state index contributed by atoms with van der Waals surface area (Å²) in [6.45, 7) is 10.1. The zero-order chi connectivity index (χ0) is 14.4. The van der Waals surface area contributed by atoms with Crippen molar-refractivity contribution >= 4 is 5.78 Å². The quantitative estimate of drug-likeness (QED) is 0.771. The first-order valence-electron chi connectivity index (χ1n) is 8.26. The fourth-order valence-corrected chi connectivity index (χ4v) is 3.48. The van der Waals surface area contributed by atoms with Crippen molar-refractivity contribution in [3.8, 4) is 0 Å². The number of carbonyl (C=O) groups excluding carboxylic acids is 1. The highest BCUT2D eigenvalue weighted by atomic mass is 16.5. The molecule has 2 saturated heterocycles. The van der Waals surface area contributed by atoms with Gasteiger partial charge in [-0.25, -0.2) is 0 Å². The summed E-state index contributed by atoms with van der Waals surface area (Å²) in [5, 5.41) is 0. The van der Waals surface area contributed by atoms with E-state index in [9.17, 15) is 4.79 Å². The molecule has 0 amide bonds. The van der Waals surface area contributed by atoms with Gasteiger partial charge < -0.3 is 4.74 Å². The predicted octanol–water partition coefficient (Wildman–Crippen LogP) is 1.93. The van der Waals surface area contributed by atoms with Crippen molar-refractivity contribution in [3.63, 3.8) is 0 Å². The lowest BCUT2D eigenvalue weighted by molar-refractivity contribution is -0.118. The minimum Gasteiger partial charge on any atom is -0.374 e. The molecule has 0 aliphatic carbocycles. The van der Waals surface area contributed by atoms with E-state index in [1.807, 2.05) is 0 Å². The van der Waals surface area contributed by atoms with Crippen LogP contribution in [0.25, 0.3) is 0 Å². The van der Waals surface area contributed by atoms with Crippen LogP contribution in [0.4, 0.5) is 0 Å². The monoisotopic (exact) mass is 282 g/mol. The van der Waals surface area contributed by atoms with Gasteiger partial charge in [0, 0.05) is 32.1 Å². The summed E-state index contributed by atoms with van der Waals surface area (Å²) in [4.78, 5) is 16.5. The molecule has 2 fully saturated rings. The van der Waals surface area contributed by atoms with Crippen LogP contribution in [-0.4, -0.2) is 67.1 Å². The summed E-state index contributed by atoms with van der Waals surface area (Å²) < 4.78 is 5.94. The standard InChI is InChI=1S/C16H30N2O2/c1-3-17-9-10-20-16(12-17)13-18-8-6-4-5-7-15(18)11-14(2)19/h15-16H,3-13H2,1-2H3. The first kappa shape index (κ1) is 15.9. The molecule has 0 radical (unpaired) electrons. The largest absolute Gasteiger partial charge is 0.374 e. The maximum Gasteiger partial charge on any atom is 0.131 e. The second-order valence-electron chi connectivity index (χ2n) is 6.29. The topological polar surface area (TPSA) is 32.8 Å². The molecule has 2 rings (SSSR count). The molecule has 0 spiro atoms. The molecule has 0 bridgehead atoms. The lowest BCUT2D eigenvalue weighted by Gasteiger charge is -2.37. The fourth-order valence-electron chi connectivity index (χ4n) is 3.48. The van der Waals surface area contributed by atoms with Crippen molar-refractivity contribution in [1.29, 1.82) is 0 Å². The van der Waals surface area contributed by atoms with E-state index < -0.39 is 0 Å². The number of ether oxygens (including phenoxy) is 1. The molecule has 0 aromatic heterocycles. The van der Waals surface area contributed by atoms with Crippen LogP contribution >= 0.6 is 0 Å². The van der Waals surface area contributed by atoms with E-state index >= 15 is 0 Å². The SMILES string of the molecule is CCN1CCOC(CN2CCCCCC2CC(C)=O)C1. The van der Waals surface area contributed by atoms with Crippen molar-refractivity contribution < 1.29 is 9.53 Å². The summed E-state index contributed by atoms with van der Waals surface area (Å²) in [6, 6.07) is 0.440. The van der Waals surface area contributed by atoms with Crippen LogP contribution in [0.2, 0.25) is 0 Å². The van der Waals surface area contributed by atoms with Crippen LogP contribution in [0.5, 0.6) is 0 Å². The molecule has 0 aromatic carbocycles. The van der Waals surface area contributed by atoms with Crippen molar-refractivity contribution in [2.45, 2.75) is 58.1 Å². The van der Waals surface area contributed by atoms with Gasteiger partial charge in [-0.05, 0) is 32.9 Å². The normalized spacial score (nSPS) is 30.1. The van der Waals surface area contributed by atoms with Crippen molar-refractivity contribution in [2.24, 2.45) is 0 Å². The number of Topliss-reactive ketones (excluding diaryl/α,β-unsaturated/α-hetero) is 1. The molecule has 20 heavy (non-hydrogen) atoms. The van der Waals surface area contributed by atoms with Gasteiger partial charge in [0.15, 0.2) is 0 Å². The lowest BCUT2D eigenvalue weighted by Crippen LogP contribution is -2.49. The van der Waals surface area contributed by atoms with E-state index in [1.54, 1.807) is 6.92 Å². The number of hydrogen-bond acceptors (Lipinski definition) is 4. The number of carbonyl (C=O) groups is 1. The van der Waals surface area contributed by atoms with Crippen molar-refractivity contribution in [2.75, 3.05) is 39.3 Å². The van der Waals surface area contributed by atoms with Gasteiger partial charge in [0.1, 0.15) is 5.78 Å². The summed E-state index contributed by atoms with van der Waals surface area (Å²) >= 11 is 0. The summed E-state index contributed by atoms with van der Waals surface area (Å²) in [5.74, 6) is 0.321. The number of likely N-dealkylation sites (tertiary alicyclic amines) is 1. The molecule has 4 heteroatoms. The first-order chi connectivity index (χ1) is 9.69. The number of morpholine rings is 1. The van der Waals surface area contributed by atoms with Gasteiger partial charge >= 0.3 is 0 Å². The first-order valence-corrected chi connectivity index (χ1v) is 8.26. The summed E-state index contributed by atoms with van der Waals surface area (Å²) in [5.41, 5.74) is 0. The van der Waals surface area contributed by atoms with Gasteiger partial charge in [0.2, 0.25) is 0 Å². The Bertz CT molecular complexity index is 309. The third kappa shape index (κ3) is 4.83. The third-order valence-corrected chi connectivity index (χ3v) is 4.63. The lowest BCUT2D eigenvalue weighted by atomic mass is 10.0. The Kier molecular flexibility index (Phi) is 6.46. The highest BCUT2D eigenvalue weighted by molar-refractivity contribution is 5.76. The second kappa shape index (κ2) is 8.11. The second-order valence-corrected chi connectivity index (χ2v) is 6.29. The molecule has 2 aliphatic rings. The minimum atomic E-state index is 0.316. The zero-order valence-corrected chi connectivity index (χ0v) is 13.1. The van der Waals surface area contributed by atoms with Crippen LogP contribution in [0.1, 0.15) is 46.0 Å². The highest BCUT2D eigenvalue weighted by Crippen LogP contribution is 2.21. The third-order valence-electron chi connectivity index (χ3n) is 4.63. The predicted molar refractivity (Wildman–Crippen MR) is 81.0 cm³/mol. The Balaban J connectivity index is 1.90. The van der Waals surface area contributed by atoms with E-state index in [0.29, 0.717) is 24.3 Å². The summed E-state index contributed by atoms with van der Waals surface area (Å²) in [6.07, 6.45) is 6.03. The molecule has 2 aliphatic heterocycles. The van der Waals surface area contributed by atoms with Crippen LogP contribution in [-0.2, 0) is 9.53 Å². The van der Waals surface area contributed by atoms with Crippen LogP contribution in [0, 0.1) is 0 Å². The van der Waals surface area contributed by atoms with E-state index in [4.69, 9.17) is 4.74 Å². The fraction of sp³-hybridized carbons (Fsp3) is 0.938. The maximum atomic E-state index is 11.5. The molecule has 0 aromatic rings. The van der Waals surface area contributed by atoms with E-state index in [-0.39, 0.29) is 0 Å². The number of hydrogen-bond donors (Lipinski definition) is 0. The van der Waals surface area contributed by atoms with Gasteiger partial charge in [-0.1, -0.05) is 19.8 Å². The molecular formula is C16H30N2O2. The van der Waals surface area contributed by atoms with E-state index in [1.165, 1.54) is 25.7 Å². The molecular weight excluding hydrogens is 252 g/mol. The van der Waals surface area contributed by atoms with Crippen molar-refractivity contribution in [3.05, 3.63) is 0 Å². The molecule has 2 atom stereocenters. The Morgan fingerprint density at radius 1 is 1.25 bits per heavy atom. The number of ketones is 1. The van der Waals surface area contributed by atoms with E-state index in [0.717, 1.165) is 39.3 Å². The Morgan fingerprint density at radius 2 is 2.10 bits per heavy atom. The van der Waals surface area contributed by atoms with Gasteiger partial charge in [-0.15, -0.1) is 0 Å². The summed E-state index contributed by atoms with van der Waals surface area (Å²) in [7, 11) is 0. The average molecular weight is 282 g/mol. The minimum absolute atomic E-state index is 0.316. The average Bonchev–Trinajstić information content (AvgIpc) is 2.64. The zero-order valence-electron chi connectivity index (χ0n) is 13.1. The molecule has 116 valence electrons. The molecule has 0 N–H and O–H groups in total.